The maximum atomic E-state index is 3.75. The zero-order valence-electron chi connectivity index (χ0n) is 3.96. The van der Waals surface area contributed by atoms with Gasteiger partial charge in [-0.3, -0.25) is 0 Å². The van der Waals surface area contributed by atoms with Crippen molar-refractivity contribution in [3.8, 4) is 0 Å². The lowest BCUT2D eigenvalue weighted by Crippen LogP contribution is -1.71. The Balaban J connectivity index is 2.76. The van der Waals surface area contributed by atoms with E-state index in [0.717, 1.165) is 5.01 Å². The van der Waals surface area contributed by atoms with E-state index in [1.165, 1.54) is 0 Å². The molecule has 1 rings (SSSR count). The van der Waals surface area contributed by atoms with Gasteiger partial charge in [-0.2, -0.15) is 0 Å². The van der Waals surface area contributed by atoms with Gasteiger partial charge < -0.3 is 0 Å². The molecule has 0 unspecified atom stereocenters. The van der Waals surface area contributed by atoms with Gasteiger partial charge in [0.2, 0.25) is 0 Å². The molecule has 1 heterocycles. The van der Waals surface area contributed by atoms with Crippen LogP contribution in [0.3, 0.4) is 0 Å². The summed E-state index contributed by atoms with van der Waals surface area (Å²) in [7, 11) is 0. The molecular weight excluding hydrogens is 108 g/mol. The maximum absolute atomic E-state index is 3.75. The molecule has 0 aliphatic rings. The van der Waals surface area contributed by atoms with Crippen LogP contribution in [0.4, 0.5) is 0 Å². The number of hydrogen-bond donors (Lipinski definition) is 0. The van der Waals surface area contributed by atoms with E-state index in [2.05, 4.69) is 10.2 Å². The highest BCUT2D eigenvalue weighted by Gasteiger charge is 1.86. The molecule has 0 spiro atoms. The fourth-order valence-electron chi connectivity index (χ4n) is 0.307. The van der Waals surface area contributed by atoms with E-state index in [4.69, 9.17) is 0 Å². The molecule has 0 saturated carbocycles. The van der Waals surface area contributed by atoms with E-state index in [1.54, 1.807) is 16.8 Å². The third kappa shape index (κ3) is 0.962. The fourth-order valence-corrected chi connectivity index (χ4v) is 0.740. The van der Waals surface area contributed by atoms with Gasteiger partial charge in [-0.05, 0) is 0 Å². The lowest BCUT2D eigenvalue weighted by Gasteiger charge is -1.73. The highest BCUT2D eigenvalue weighted by atomic mass is 32.1. The molecule has 0 atom stereocenters. The molecule has 0 bridgehead atoms. The summed E-state index contributed by atoms with van der Waals surface area (Å²) in [6.07, 6.45) is 1.93. The number of aromatic nitrogens is 2. The summed E-state index contributed by atoms with van der Waals surface area (Å²) in [6.45, 7) is 1.94. The van der Waals surface area contributed by atoms with Crippen LogP contribution in [-0.4, -0.2) is 10.2 Å². The lowest BCUT2D eigenvalue weighted by molar-refractivity contribution is 1.05. The first-order valence-corrected chi connectivity index (χ1v) is 2.87. The topological polar surface area (TPSA) is 25.8 Å². The largest absolute Gasteiger partial charge is 0.147 e. The van der Waals surface area contributed by atoms with Gasteiger partial charge in [0, 0.05) is 6.42 Å². The Bertz CT molecular complexity index is 124. The normalized spacial score (nSPS) is 9.29. The smallest absolute Gasteiger partial charge is 0.120 e. The molecule has 0 N–H and O–H groups in total. The Morgan fingerprint density at radius 2 is 2.71 bits per heavy atom. The first-order chi connectivity index (χ1) is 3.43. The van der Waals surface area contributed by atoms with Crippen molar-refractivity contribution in [2.45, 2.75) is 6.92 Å². The molecule has 1 aromatic rings. The minimum absolute atomic E-state index is 0.986. The standard InChI is InChI=1S/C4H5N2S/c1-2-4-6-5-3-7-4/h2-3H,1H3. The van der Waals surface area contributed by atoms with Crippen LogP contribution >= 0.6 is 11.3 Å². The van der Waals surface area contributed by atoms with E-state index in [9.17, 15) is 0 Å². The summed E-state index contributed by atoms with van der Waals surface area (Å²) < 4.78 is 0. The van der Waals surface area contributed by atoms with Crippen molar-refractivity contribution in [2.24, 2.45) is 0 Å². The van der Waals surface area contributed by atoms with Crippen molar-refractivity contribution >= 4 is 11.3 Å². The second-order valence-corrected chi connectivity index (χ2v) is 1.93. The van der Waals surface area contributed by atoms with E-state index >= 15 is 0 Å². The van der Waals surface area contributed by atoms with Gasteiger partial charge in [-0.25, -0.2) is 0 Å². The van der Waals surface area contributed by atoms with Gasteiger partial charge >= 0.3 is 0 Å². The molecule has 0 aromatic carbocycles. The molecule has 0 saturated heterocycles. The highest BCUT2D eigenvalue weighted by Crippen LogP contribution is 2.01. The molecule has 0 amide bonds. The average molecular weight is 113 g/mol. The van der Waals surface area contributed by atoms with Crippen molar-refractivity contribution < 1.29 is 0 Å². The zero-order chi connectivity index (χ0) is 5.11. The summed E-state index contributed by atoms with van der Waals surface area (Å²) in [5, 5.41) is 8.36. The Morgan fingerprint density at radius 1 is 1.86 bits per heavy atom. The predicted octanol–water partition coefficient (Wildman–Crippen LogP) is 1.11. The predicted molar refractivity (Wildman–Crippen MR) is 29.0 cm³/mol. The van der Waals surface area contributed by atoms with Gasteiger partial charge in [0.05, 0.1) is 0 Å². The van der Waals surface area contributed by atoms with Crippen molar-refractivity contribution in [2.75, 3.05) is 0 Å². The third-order valence-corrected chi connectivity index (χ3v) is 1.38. The van der Waals surface area contributed by atoms with Gasteiger partial charge in [-0.1, -0.05) is 6.92 Å². The summed E-state index contributed by atoms with van der Waals surface area (Å²) >= 11 is 1.55. The maximum Gasteiger partial charge on any atom is 0.120 e. The Hall–Kier alpha value is -0.440. The molecule has 1 radical (unpaired) electrons. The number of rotatable bonds is 1. The quantitative estimate of drug-likeness (QED) is 0.545. The van der Waals surface area contributed by atoms with Gasteiger partial charge in [0.1, 0.15) is 10.5 Å². The van der Waals surface area contributed by atoms with Crippen LogP contribution in [0.25, 0.3) is 0 Å². The van der Waals surface area contributed by atoms with Crippen molar-refractivity contribution in [3.05, 3.63) is 16.9 Å². The van der Waals surface area contributed by atoms with E-state index in [0.29, 0.717) is 0 Å². The van der Waals surface area contributed by atoms with Gasteiger partial charge in [0.25, 0.3) is 0 Å². The van der Waals surface area contributed by atoms with Crippen LogP contribution in [0, 0.1) is 6.42 Å². The SMILES string of the molecule is C[CH]c1nncs1. The number of nitrogens with zero attached hydrogens (tertiary/aromatic N) is 2. The first kappa shape index (κ1) is 4.71. The fraction of sp³-hybridized carbons (Fsp3) is 0.250. The van der Waals surface area contributed by atoms with Gasteiger partial charge in [-0.15, -0.1) is 21.5 Å². The molecule has 0 fully saturated rings. The zero-order valence-corrected chi connectivity index (χ0v) is 4.77. The monoisotopic (exact) mass is 113 g/mol. The minimum atomic E-state index is 0.986. The Labute approximate surface area is 46.2 Å². The van der Waals surface area contributed by atoms with E-state index in [1.807, 2.05) is 13.3 Å². The summed E-state index contributed by atoms with van der Waals surface area (Å²) in [5.41, 5.74) is 1.72. The highest BCUT2D eigenvalue weighted by molar-refractivity contribution is 7.09. The summed E-state index contributed by atoms with van der Waals surface area (Å²) in [5.74, 6) is 0. The molecule has 3 heteroatoms. The van der Waals surface area contributed by atoms with Crippen LogP contribution in [-0.2, 0) is 0 Å². The summed E-state index contributed by atoms with van der Waals surface area (Å²) in [4.78, 5) is 0. The van der Waals surface area contributed by atoms with Crippen LogP contribution < -0.4 is 0 Å². The van der Waals surface area contributed by atoms with Crippen LogP contribution in [0.15, 0.2) is 5.51 Å². The van der Waals surface area contributed by atoms with E-state index < -0.39 is 0 Å². The Morgan fingerprint density at radius 3 is 3.00 bits per heavy atom. The second-order valence-electron chi connectivity index (χ2n) is 1.07. The molecular formula is C4H5N2S. The number of hydrogen-bond acceptors (Lipinski definition) is 3. The molecule has 2 nitrogen and oxygen atoms in total. The molecule has 0 aliphatic heterocycles. The van der Waals surface area contributed by atoms with Crippen LogP contribution in [0.1, 0.15) is 11.9 Å². The Kier molecular flexibility index (Phi) is 1.36. The lowest BCUT2D eigenvalue weighted by atomic mass is 10.5. The van der Waals surface area contributed by atoms with E-state index in [-0.39, 0.29) is 0 Å². The average Bonchev–Trinajstić information content (AvgIpc) is 2.14. The minimum Gasteiger partial charge on any atom is -0.147 e. The van der Waals surface area contributed by atoms with Gasteiger partial charge in [0.15, 0.2) is 0 Å². The second kappa shape index (κ2) is 2.02. The van der Waals surface area contributed by atoms with Crippen LogP contribution in [0.2, 0.25) is 0 Å². The molecule has 1 aromatic heterocycles. The van der Waals surface area contributed by atoms with Crippen LogP contribution in [0.5, 0.6) is 0 Å². The van der Waals surface area contributed by atoms with Crippen molar-refractivity contribution in [1.82, 2.24) is 10.2 Å². The summed E-state index contributed by atoms with van der Waals surface area (Å²) in [6, 6.07) is 0. The molecule has 7 heavy (non-hydrogen) atoms. The first-order valence-electron chi connectivity index (χ1n) is 1.99. The van der Waals surface area contributed by atoms with Crippen molar-refractivity contribution in [1.29, 1.82) is 0 Å². The molecule has 37 valence electrons. The third-order valence-electron chi connectivity index (χ3n) is 0.624. The van der Waals surface area contributed by atoms with Crippen molar-refractivity contribution in [3.63, 3.8) is 0 Å². The molecule has 0 aliphatic carbocycles.